The first-order chi connectivity index (χ1) is 35.8. The van der Waals surface area contributed by atoms with Crippen LogP contribution in [0.4, 0.5) is 0 Å². The fourth-order valence-corrected chi connectivity index (χ4v) is 10.2. The van der Waals surface area contributed by atoms with E-state index < -0.39 is 49.5 Å². The van der Waals surface area contributed by atoms with Gasteiger partial charge in [-0.2, -0.15) is 0 Å². The summed E-state index contributed by atoms with van der Waals surface area (Å²) in [6.07, 6.45) is 63.2. The van der Waals surface area contributed by atoms with Gasteiger partial charge < -0.3 is 40.3 Å². The number of unbranched alkanes of at least 4 members (excludes halogenated alkanes) is 39. The molecule has 1 rings (SSSR count). The average Bonchev–Trinajstić information content (AvgIpc) is 3.39. The molecule has 1 heterocycles. The van der Waals surface area contributed by atoms with E-state index in [-0.39, 0.29) is 12.5 Å². The highest BCUT2D eigenvalue weighted by molar-refractivity contribution is 5.76. The van der Waals surface area contributed by atoms with Crippen LogP contribution in [0.3, 0.4) is 0 Å². The van der Waals surface area contributed by atoms with Crippen LogP contribution in [0.15, 0.2) is 36.5 Å². The maximum Gasteiger partial charge on any atom is 0.220 e. The van der Waals surface area contributed by atoms with Gasteiger partial charge in [0.25, 0.3) is 0 Å². The van der Waals surface area contributed by atoms with Gasteiger partial charge in [-0.1, -0.05) is 288 Å². The lowest BCUT2D eigenvalue weighted by Gasteiger charge is -2.40. The van der Waals surface area contributed by atoms with Crippen molar-refractivity contribution in [2.75, 3.05) is 13.2 Å². The van der Waals surface area contributed by atoms with E-state index in [2.05, 4.69) is 55.6 Å². The van der Waals surface area contributed by atoms with Crippen molar-refractivity contribution in [3.63, 3.8) is 0 Å². The monoisotopic (exact) mass is 1030 g/mol. The molecule has 1 fully saturated rings. The molecular weight excluding hydrogens is 911 g/mol. The first-order valence-corrected chi connectivity index (χ1v) is 31.7. The van der Waals surface area contributed by atoms with Gasteiger partial charge in [-0.3, -0.25) is 4.79 Å². The molecule has 6 N–H and O–H groups in total. The van der Waals surface area contributed by atoms with E-state index in [4.69, 9.17) is 9.47 Å². The zero-order valence-electron chi connectivity index (χ0n) is 47.9. The largest absolute Gasteiger partial charge is 0.394 e. The van der Waals surface area contributed by atoms with Crippen molar-refractivity contribution in [3.8, 4) is 0 Å². The Kier molecular flexibility index (Phi) is 51.2. The molecule has 0 aliphatic carbocycles. The number of ether oxygens (including phenoxy) is 2. The lowest BCUT2D eigenvalue weighted by Crippen LogP contribution is -2.60. The third-order valence-corrected chi connectivity index (χ3v) is 15.2. The van der Waals surface area contributed by atoms with Crippen molar-refractivity contribution < 1.29 is 39.8 Å². The quantitative estimate of drug-likeness (QED) is 0.0261. The summed E-state index contributed by atoms with van der Waals surface area (Å²) in [7, 11) is 0. The average molecular weight is 1030 g/mol. The van der Waals surface area contributed by atoms with E-state index in [0.717, 1.165) is 51.4 Å². The second-order valence-corrected chi connectivity index (χ2v) is 22.2. The van der Waals surface area contributed by atoms with Crippen molar-refractivity contribution in [1.29, 1.82) is 0 Å². The number of rotatable bonds is 55. The summed E-state index contributed by atoms with van der Waals surface area (Å²) in [6.45, 7) is 3.86. The number of amides is 1. The van der Waals surface area contributed by atoms with Crippen molar-refractivity contribution in [1.82, 2.24) is 5.32 Å². The van der Waals surface area contributed by atoms with Crippen LogP contribution in [0.25, 0.3) is 0 Å². The van der Waals surface area contributed by atoms with E-state index in [0.29, 0.717) is 12.8 Å². The highest BCUT2D eigenvalue weighted by atomic mass is 16.7. The normalized spacial score (nSPS) is 19.2. The van der Waals surface area contributed by atoms with Crippen LogP contribution in [-0.2, 0) is 14.3 Å². The minimum atomic E-state index is -1.56. The molecule has 1 amide bonds. The van der Waals surface area contributed by atoms with Crippen molar-refractivity contribution in [2.45, 2.75) is 352 Å². The predicted octanol–water partition coefficient (Wildman–Crippen LogP) is 16.3. The molecule has 7 atom stereocenters. The molecule has 9 heteroatoms. The molecule has 0 aromatic carbocycles. The van der Waals surface area contributed by atoms with E-state index in [1.165, 1.54) is 231 Å². The zero-order chi connectivity index (χ0) is 52.9. The van der Waals surface area contributed by atoms with E-state index in [9.17, 15) is 30.3 Å². The van der Waals surface area contributed by atoms with E-state index >= 15 is 0 Å². The topological polar surface area (TPSA) is 149 Å². The number of nitrogens with one attached hydrogen (secondary N) is 1. The Bertz CT molecular complexity index is 1240. The summed E-state index contributed by atoms with van der Waals surface area (Å²) in [5.41, 5.74) is 0. The Morgan fingerprint density at radius 1 is 0.466 bits per heavy atom. The van der Waals surface area contributed by atoms with Gasteiger partial charge in [0.15, 0.2) is 6.29 Å². The van der Waals surface area contributed by atoms with Crippen LogP contribution >= 0.6 is 0 Å². The lowest BCUT2D eigenvalue weighted by molar-refractivity contribution is -0.302. The van der Waals surface area contributed by atoms with Crippen molar-refractivity contribution in [3.05, 3.63) is 36.5 Å². The molecule has 0 saturated carbocycles. The van der Waals surface area contributed by atoms with E-state index in [1.807, 2.05) is 0 Å². The second kappa shape index (κ2) is 53.8. The molecule has 0 aromatic heterocycles. The molecular formula is C64H121NO8. The number of carbonyl (C=O) groups excluding carboxylic acids is 1. The van der Waals surface area contributed by atoms with Crippen LogP contribution in [0.5, 0.6) is 0 Å². The minimum absolute atomic E-state index is 0.138. The van der Waals surface area contributed by atoms with Gasteiger partial charge in [0.2, 0.25) is 5.91 Å². The van der Waals surface area contributed by atoms with Crippen molar-refractivity contribution >= 4 is 5.91 Å². The van der Waals surface area contributed by atoms with Crippen LogP contribution in [0.2, 0.25) is 0 Å². The van der Waals surface area contributed by atoms with Crippen LogP contribution in [0.1, 0.15) is 309 Å². The highest BCUT2D eigenvalue weighted by Gasteiger charge is 2.44. The summed E-state index contributed by atoms with van der Waals surface area (Å²) in [5.74, 6) is -0.144. The Labute approximate surface area is 451 Å². The van der Waals surface area contributed by atoms with Gasteiger partial charge in [-0.25, -0.2) is 0 Å². The van der Waals surface area contributed by atoms with Gasteiger partial charge in [-0.15, -0.1) is 0 Å². The molecule has 430 valence electrons. The first-order valence-electron chi connectivity index (χ1n) is 31.7. The fourth-order valence-electron chi connectivity index (χ4n) is 10.2. The number of hydrogen-bond donors (Lipinski definition) is 6. The highest BCUT2D eigenvalue weighted by Crippen LogP contribution is 2.23. The van der Waals surface area contributed by atoms with Gasteiger partial charge in [0.1, 0.15) is 24.4 Å². The number of hydrogen-bond acceptors (Lipinski definition) is 8. The van der Waals surface area contributed by atoms with Gasteiger partial charge in [-0.05, 0) is 51.4 Å². The lowest BCUT2D eigenvalue weighted by atomic mass is 9.99. The molecule has 0 aromatic rings. The van der Waals surface area contributed by atoms with Crippen molar-refractivity contribution in [2.24, 2.45) is 0 Å². The van der Waals surface area contributed by atoms with E-state index in [1.54, 1.807) is 0 Å². The number of aliphatic hydroxyl groups excluding tert-OH is 5. The van der Waals surface area contributed by atoms with Crippen LogP contribution < -0.4 is 5.32 Å². The SMILES string of the molecule is CCCCCCC/C=C\C/C=C\C/C=C\CCCCCCCCCCCCC(=O)NC(COC1OC(CO)C(O)C(O)C1O)C(O)CCCCCCCCCCCCCCCCCCCCCCCCCCC. The van der Waals surface area contributed by atoms with Gasteiger partial charge in [0.05, 0.1) is 25.4 Å². The van der Waals surface area contributed by atoms with Gasteiger partial charge >= 0.3 is 0 Å². The predicted molar refractivity (Wildman–Crippen MR) is 309 cm³/mol. The Morgan fingerprint density at radius 2 is 0.808 bits per heavy atom. The third-order valence-electron chi connectivity index (χ3n) is 15.2. The summed E-state index contributed by atoms with van der Waals surface area (Å²) < 4.78 is 11.3. The molecule has 0 radical (unpaired) electrons. The molecule has 73 heavy (non-hydrogen) atoms. The maximum absolute atomic E-state index is 13.1. The Balaban J connectivity index is 2.17. The first kappa shape index (κ1) is 69.4. The summed E-state index contributed by atoms with van der Waals surface area (Å²) in [5, 5.41) is 54.8. The molecule has 9 nitrogen and oxygen atoms in total. The number of carbonyl (C=O) groups is 1. The fraction of sp³-hybridized carbons (Fsp3) is 0.891. The molecule has 0 bridgehead atoms. The maximum atomic E-state index is 13.1. The molecule has 1 aliphatic heterocycles. The smallest absolute Gasteiger partial charge is 0.220 e. The third kappa shape index (κ3) is 43.1. The summed E-state index contributed by atoms with van der Waals surface area (Å²) in [4.78, 5) is 13.1. The second-order valence-electron chi connectivity index (χ2n) is 22.2. The number of allylic oxidation sites excluding steroid dienone is 6. The minimum Gasteiger partial charge on any atom is -0.394 e. The summed E-state index contributed by atoms with van der Waals surface area (Å²) >= 11 is 0. The van der Waals surface area contributed by atoms with Gasteiger partial charge in [0, 0.05) is 6.42 Å². The zero-order valence-corrected chi connectivity index (χ0v) is 47.9. The Hall–Kier alpha value is -1.59. The molecule has 1 aliphatic rings. The molecule has 1 saturated heterocycles. The Morgan fingerprint density at radius 3 is 1.19 bits per heavy atom. The van der Waals surface area contributed by atoms with Crippen LogP contribution in [0, 0.1) is 0 Å². The number of aliphatic hydroxyl groups is 5. The molecule has 0 spiro atoms. The van der Waals surface area contributed by atoms with Crippen LogP contribution in [-0.4, -0.2) is 87.5 Å². The summed E-state index contributed by atoms with van der Waals surface area (Å²) in [6, 6.07) is -0.723. The standard InChI is InChI=1S/C64H121NO8/c1-3-5-7-9-11-13-15-17-19-21-23-25-27-29-31-33-35-37-39-41-43-45-47-49-51-53-58(67)57(56-72-64-63(71)62(70)61(69)59(55-66)73-64)65-60(68)54-52-50-48-46-44-42-40-38-36-34-32-30-28-26-24-22-20-18-16-14-12-10-8-6-4-2/h16,18,22,24,28,30,57-59,61-64,66-67,69-71H,3-15,17,19-21,23,25-27,29,31-56H2,1-2H3,(H,65,68)/b18-16-,24-22-,30-28-. The molecule has 7 unspecified atom stereocenters.